The predicted molar refractivity (Wildman–Crippen MR) is 83.5 cm³/mol. The van der Waals surface area contributed by atoms with Crippen LogP contribution in [0.2, 0.25) is 0 Å². The highest BCUT2D eigenvalue weighted by atomic mass is 32.2. The number of aliphatic hydroxyl groups excluding tert-OH is 1. The van der Waals surface area contributed by atoms with Crippen LogP contribution in [0.3, 0.4) is 0 Å². The lowest BCUT2D eigenvalue weighted by Crippen LogP contribution is -2.39. The van der Waals surface area contributed by atoms with Crippen LogP contribution in [0.1, 0.15) is 32.1 Å². The minimum atomic E-state index is -3.80. The first-order valence-electron chi connectivity index (χ1n) is 7.22. The number of primary sulfonamides is 1. The fraction of sp³-hybridized carbons (Fsp3) is 0.571. The Bertz CT molecular complexity index is 583. The number of anilines is 2. The maximum Gasteiger partial charge on any atom is 0.238 e. The minimum Gasteiger partial charge on any atom is -0.399 e. The largest absolute Gasteiger partial charge is 0.399 e. The summed E-state index contributed by atoms with van der Waals surface area (Å²) in [6.45, 7) is 0.466. The molecule has 1 aliphatic carbocycles. The third-order valence-corrected chi connectivity index (χ3v) is 4.82. The van der Waals surface area contributed by atoms with Gasteiger partial charge in [0.15, 0.2) is 0 Å². The average molecular weight is 313 g/mol. The quantitative estimate of drug-likeness (QED) is 0.704. The molecule has 0 spiro atoms. The number of rotatable bonds is 5. The standard InChI is InChI=1S/C14H23N3O3S/c15-11-8-13(10-14(9-11)21(16,19)20)17(6-7-18)12-4-2-1-3-5-12/h8-10,12,18H,1-7,15H2,(H2,16,19,20). The van der Waals surface area contributed by atoms with Gasteiger partial charge in [0.1, 0.15) is 0 Å². The van der Waals surface area contributed by atoms with Gasteiger partial charge in [0.25, 0.3) is 0 Å². The Kier molecular flexibility index (Phi) is 5.08. The van der Waals surface area contributed by atoms with Crippen LogP contribution in [-0.2, 0) is 10.0 Å². The lowest BCUT2D eigenvalue weighted by Gasteiger charge is -2.36. The first-order valence-corrected chi connectivity index (χ1v) is 8.77. The zero-order valence-corrected chi connectivity index (χ0v) is 12.8. The number of nitrogen functional groups attached to an aromatic ring is 1. The van der Waals surface area contributed by atoms with Gasteiger partial charge in [0.05, 0.1) is 11.5 Å². The second kappa shape index (κ2) is 6.64. The van der Waals surface area contributed by atoms with Crippen LogP contribution >= 0.6 is 0 Å². The van der Waals surface area contributed by atoms with E-state index in [0.717, 1.165) is 25.7 Å². The molecule has 5 N–H and O–H groups in total. The first kappa shape index (κ1) is 16.1. The number of sulfonamides is 1. The van der Waals surface area contributed by atoms with E-state index >= 15 is 0 Å². The molecular weight excluding hydrogens is 290 g/mol. The van der Waals surface area contributed by atoms with Gasteiger partial charge in [-0.15, -0.1) is 0 Å². The topological polar surface area (TPSA) is 110 Å². The second-order valence-corrected chi connectivity index (χ2v) is 7.08. The molecule has 0 unspecified atom stereocenters. The number of hydrogen-bond acceptors (Lipinski definition) is 5. The summed E-state index contributed by atoms with van der Waals surface area (Å²) >= 11 is 0. The van der Waals surface area contributed by atoms with Gasteiger partial charge in [-0.05, 0) is 31.0 Å². The van der Waals surface area contributed by atoms with E-state index in [1.54, 1.807) is 6.07 Å². The molecule has 0 amide bonds. The van der Waals surface area contributed by atoms with Crippen molar-refractivity contribution in [1.29, 1.82) is 0 Å². The number of nitrogens with zero attached hydrogens (tertiary/aromatic N) is 1. The third-order valence-electron chi connectivity index (χ3n) is 3.93. The molecule has 0 radical (unpaired) electrons. The van der Waals surface area contributed by atoms with Crippen LogP contribution in [0.5, 0.6) is 0 Å². The molecule has 1 fully saturated rings. The van der Waals surface area contributed by atoms with Gasteiger partial charge < -0.3 is 15.7 Å². The van der Waals surface area contributed by atoms with E-state index in [4.69, 9.17) is 10.9 Å². The summed E-state index contributed by atoms with van der Waals surface area (Å²) in [5.74, 6) is 0. The summed E-state index contributed by atoms with van der Waals surface area (Å²) < 4.78 is 23.1. The Labute approximate surface area is 125 Å². The molecule has 7 heteroatoms. The molecule has 0 aliphatic heterocycles. The van der Waals surface area contributed by atoms with E-state index in [-0.39, 0.29) is 11.5 Å². The van der Waals surface area contributed by atoms with Crippen LogP contribution in [0, 0.1) is 0 Å². The minimum absolute atomic E-state index is 0.00993. The summed E-state index contributed by atoms with van der Waals surface area (Å²) in [5.41, 5.74) is 6.88. The van der Waals surface area contributed by atoms with Gasteiger partial charge in [-0.25, -0.2) is 13.6 Å². The van der Waals surface area contributed by atoms with Crippen molar-refractivity contribution in [2.24, 2.45) is 5.14 Å². The molecule has 2 rings (SSSR count). The summed E-state index contributed by atoms with van der Waals surface area (Å²) in [6.07, 6.45) is 5.61. The highest BCUT2D eigenvalue weighted by molar-refractivity contribution is 7.89. The van der Waals surface area contributed by atoms with Crippen molar-refractivity contribution < 1.29 is 13.5 Å². The molecule has 0 atom stereocenters. The van der Waals surface area contributed by atoms with Gasteiger partial charge in [-0.3, -0.25) is 0 Å². The van der Waals surface area contributed by atoms with E-state index in [1.807, 2.05) is 4.90 Å². The van der Waals surface area contributed by atoms with E-state index < -0.39 is 10.0 Å². The van der Waals surface area contributed by atoms with Crippen molar-refractivity contribution in [3.8, 4) is 0 Å². The van der Waals surface area contributed by atoms with E-state index in [0.29, 0.717) is 24.0 Å². The van der Waals surface area contributed by atoms with Crippen molar-refractivity contribution in [3.63, 3.8) is 0 Å². The van der Waals surface area contributed by atoms with E-state index in [2.05, 4.69) is 0 Å². The number of hydrogen-bond donors (Lipinski definition) is 3. The molecule has 1 aromatic carbocycles. The molecular formula is C14H23N3O3S. The van der Waals surface area contributed by atoms with Crippen molar-refractivity contribution in [2.45, 2.75) is 43.0 Å². The van der Waals surface area contributed by atoms with Crippen LogP contribution in [-0.4, -0.2) is 32.7 Å². The van der Waals surface area contributed by atoms with E-state index in [1.165, 1.54) is 18.6 Å². The Morgan fingerprint density at radius 3 is 2.43 bits per heavy atom. The third kappa shape index (κ3) is 4.09. The predicted octanol–water partition coefficient (Wildman–Crippen LogP) is 1.05. The highest BCUT2D eigenvalue weighted by Gasteiger charge is 2.22. The van der Waals surface area contributed by atoms with Crippen molar-refractivity contribution >= 4 is 21.4 Å². The lowest BCUT2D eigenvalue weighted by molar-refractivity contribution is 0.290. The Morgan fingerprint density at radius 1 is 1.19 bits per heavy atom. The summed E-state index contributed by atoms with van der Waals surface area (Å²) in [4.78, 5) is 2.06. The van der Waals surface area contributed by atoms with Crippen molar-refractivity contribution in [3.05, 3.63) is 18.2 Å². The van der Waals surface area contributed by atoms with Crippen LogP contribution < -0.4 is 15.8 Å². The monoisotopic (exact) mass is 313 g/mol. The SMILES string of the molecule is Nc1cc(N(CCO)C2CCCCC2)cc(S(N)(=O)=O)c1. The fourth-order valence-electron chi connectivity index (χ4n) is 2.96. The summed E-state index contributed by atoms with van der Waals surface area (Å²) in [6, 6.07) is 4.94. The van der Waals surface area contributed by atoms with Gasteiger partial charge in [0, 0.05) is 24.0 Å². The Morgan fingerprint density at radius 2 is 1.86 bits per heavy atom. The number of aliphatic hydroxyl groups is 1. The van der Waals surface area contributed by atoms with E-state index in [9.17, 15) is 13.5 Å². The molecule has 0 heterocycles. The zero-order valence-electron chi connectivity index (χ0n) is 12.0. The molecule has 21 heavy (non-hydrogen) atoms. The van der Waals surface area contributed by atoms with Crippen LogP contribution in [0.25, 0.3) is 0 Å². The zero-order chi connectivity index (χ0) is 15.5. The average Bonchev–Trinajstić information content (AvgIpc) is 2.44. The Balaban J connectivity index is 2.37. The van der Waals surface area contributed by atoms with Gasteiger partial charge in [-0.1, -0.05) is 19.3 Å². The molecule has 0 bridgehead atoms. The fourth-order valence-corrected chi connectivity index (χ4v) is 3.54. The van der Waals surface area contributed by atoms with Crippen LogP contribution in [0.15, 0.2) is 23.1 Å². The maximum atomic E-state index is 11.5. The number of benzene rings is 1. The molecule has 1 aromatic rings. The smallest absolute Gasteiger partial charge is 0.238 e. The molecule has 1 saturated carbocycles. The summed E-state index contributed by atoms with van der Waals surface area (Å²) in [5, 5.41) is 14.5. The number of nitrogens with two attached hydrogens (primary N) is 2. The molecule has 0 aromatic heterocycles. The second-order valence-electron chi connectivity index (χ2n) is 5.51. The molecule has 0 saturated heterocycles. The molecule has 118 valence electrons. The lowest BCUT2D eigenvalue weighted by atomic mass is 9.93. The maximum absolute atomic E-state index is 11.5. The van der Waals surface area contributed by atoms with Crippen LogP contribution in [0.4, 0.5) is 11.4 Å². The van der Waals surface area contributed by atoms with Crippen molar-refractivity contribution in [1.82, 2.24) is 0 Å². The molecule has 6 nitrogen and oxygen atoms in total. The Hall–Kier alpha value is -1.31. The summed E-state index contributed by atoms with van der Waals surface area (Å²) in [7, 11) is -3.80. The van der Waals surface area contributed by atoms with Crippen molar-refractivity contribution in [2.75, 3.05) is 23.8 Å². The first-order chi connectivity index (χ1) is 9.91. The van der Waals surface area contributed by atoms with Gasteiger partial charge in [-0.2, -0.15) is 0 Å². The van der Waals surface area contributed by atoms with Gasteiger partial charge >= 0.3 is 0 Å². The van der Waals surface area contributed by atoms with Gasteiger partial charge in [0.2, 0.25) is 10.0 Å². The molecule has 1 aliphatic rings. The highest BCUT2D eigenvalue weighted by Crippen LogP contribution is 2.30. The normalized spacial score (nSPS) is 16.9.